The molecule has 0 aliphatic heterocycles. The number of carbonyl (C=O) groups is 1. The fraction of sp³-hybridized carbons (Fsp3) is 0.188. The van der Waals surface area contributed by atoms with Crippen LogP contribution in [0, 0.1) is 5.82 Å². The Kier molecular flexibility index (Phi) is 4.47. The molecule has 1 N–H and O–H groups in total. The Morgan fingerprint density at radius 2 is 2.13 bits per heavy atom. The second-order valence-corrected chi connectivity index (χ2v) is 6.04. The molecule has 0 bridgehead atoms. The number of halogens is 1. The van der Waals surface area contributed by atoms with Gasteiger partial charge in [-0.05, 0) is 42.6 Å². The molecule has 118 valence electrons. The van der Waals surface area contributed by atoms with Crippen molar-refractivity contribution < 1.29 is 13.7 Å². The van der Waals surface area contributed by atoms with Gasteiger partial charge in [-0.1, -0.05) is 11.2 Å². The van der Waals surface area contributed by atoms with Gasteiger partial charge < -0.3 is 9.84 Å². The van der Waals surface area contributed by atoms with Gasteiger partial charge in [0.05, 0.1) is 6.42 Å². The zero-order valence-corrected chi connectivity index (χ0v) is 13.1. The highest BCUT2D eigenvalue weighted by molar-refractivity contribution is 7.10. The van der Waals surface area contributed by atoms with Gasteiger partial charge >= 0.3 is 0 Å². The number of hydrogen-bond acceptors (Lipinski definition) is 5. The molecule has 7 heteroatoms. The van der Waals surface area contributed by atoms with Gasteiger partial charge in [0.25, 0.3) is 0 Å². The van der Waals surface area contributed by atoms with E-state index in [9.17, 15) is 9.18 Å². The maximum Gasteiger partial charge on any atom is 0.249 e. The summed E-state index contributed by atoms with van der Waals surface area (Å²) in [5.74, 6) is 0.233. The molecule has 2 heterocycles. The number of carbonyl (C=O) groups excluding carboxylic acids is 1. The summed E-state index contributed by atoms with van der Waals surface area (Å²) in [6.07, 6.45) is 0.320. The number of amides is 1. The second-order valence-electron chi connectivity index (χ2n) is 5.01. The van der Waals surface area contributed by atoms with Gasteiger partial charge in [0.15, 0.2) is 0 Å². The standard InChI is InChI=1S/C16H14FN3O2S/c1-10(18-14(21)9-13-3-2-8-23-13)16-19-15(20-22-16)11-4-6-12(17)7-5-11/h2-8,10H,9H2,1H3,(H,18,21)/t10-/m0/s1. The Bertz CT molecular complexity index is 784. The third-order valence-corrected chi connectivity index (χ3v) is 4.08. The average Bonchev–Trinajstić information content (AvgIpc) is 3.19. The smallest absolute Gasteiger partial charge is 0.249 e. The van der Waals surface area contributed by atoms with Crippen LogP contribution in [0.1, 0.15) is 23.7 Å². The molecule has 0 fully saturated rings. The van der Waals surface area contributed by atoms with Crippen molar-refractivity contribution in [3.05, 3.63) is 58.4 Å². The fourth-order valence-corrected chi connectivity index (χ4v) is 2.76. The van der Waals surface area contributed by atoms with E-state index in [-0.39, 0.29) is 11.7 Å². The maximum atomic E-state index is 12.9. The molecule has 0 spiro atoms. The van der Waals surface area contributed by atoms with Crippen LogP contribution in [-0.4, -0.2) is 16.0 Å². The number of benzene rings is 1. The molecule has 23 heavy (non-hydrogen) atoms. The summed E-state index contributed by atoms with van der Waals surface area (Å²) in [5, 5.41) is 8.61. The number of hydrogen-bond donors (Lipinski definition) is 1. The third kappa shape index (κ3) is 3.81. The van der Waals surface area contributed by atoms with E-state index >= 15 is 0 Å². The first-order chi connectivity index (χ1) is 11.1. The van der Waals surface area contributed by atoms with Crippen molar-refractivity contribution >= 4 is 17.2 Å². The van der Waals surface area contributed by atoms with Crippen molar-refractivity contribution in [3.8, 4) is 11.4 Å². The van der Waals surface area contributed by atoms with E-state index < -0.39 is 6.04 Å². The van der Waals surface area contributed by atoms with Crippen LogP contribution in [0.2, 0.25) is 0 Å². The third-order valence-electron chi connectivity index (χ3n) is 3.21. The molecule has 0 aliphatic carbocycles. The van der Waals surface area contributed by atoms with Crippen molar-refractivity contribution in [1.82, 2.24) is 15.5 Å². The van der Waals surface area contributed by atoms with E-state index in [1.807, 2.05) is 17.5 Å². The molecular weight excluding hydrogens is 317 g/mol. The van der Waals surface area contributed by atoms with Crippen molar-refractivity contribution in [3.63, 3.8) is 0 Å². The molecule has 5 nitrogen and oxygen atoms in total. The summed E-state index contributed by atoms with van der Waals surface area (Å²) in [6.45, 7) is 1.77. The van der Waals surface area contributed by atoms with Crippen LogP contribution in [0.4, 0.5) is 4.39 Å². The molecule has 0 radical (unpaired) electrons. The van der Waals surface area contributed by atoms with Crippen LogP contribution in [0.3, 0.4) is 0 Å². The Morgan fingerprint density at radius 1 is 1.35 bits per heavy atom. The van der Waals surface area contributed by atoms with Crippen molar-refractivity contribution in [2.75, 3.05) is 0 Å². The van der Waals surface area contributed by atoms with E-state index in [2.05, 4.69) is 15.5 Å². The average molecular weight is 331 g/mol. The Morgan fingerprint density at radius 3 is 2.83 bits per heavy atom. The largest absolute Gasteiger partial charge is 0.344 e. The first-order valence-electron chi connectivity index (χ1n) is 7.03. The lowest BCUT2D eigenvalue weighted by Crippen LogP contribution is -2.28. The van der Waals surface area contributed by atoms with Crippen molar-refractivity contribution in [1.29, 1.82) is 0 Å². The van der Waals surface area contributed by atoms with Gasteiger partial charge in [-0.25, -0.2) is 4.39 Å². The molecule has 1 atom stereocenters. The molecule has 0 saturated heterocycles. The SMILES string of the molecule is C[C@H](NC(=O)Cc1cccs1)c1nc(-c2ccc(F)cc2)no1. The van der Waals surface area contributed by atoms with E-state index in [0.717, 1.165) is 4.88 Å². The number of nitrogens with one attached hydrogen (secondary N) is 1. The first kappa shape index (κ1) is 15.4. The minimum Gasteiger partial charge on any atom is -0.344 e. The van der Waals surface area contributed by atoms with Gasteiger partial charge in [0, 0.05) is 10.4 Å². The van der Waals surface area contributed by atoms with Gasteiger partial charge in [0.1, 0.15) is 11.9 Å². The zero-order chi connectivity index (χ0) is 16.2. The minimum absolute atomic E-state index is 0.110. The Hall–Kier alpha value is -2.54. The maximum absolute atomic E-state index is 12.9. The number of aromatic nitrogens is 2. The monoisotopic (exact) mass is 331 g/mol. The molecule has 1 amide bonds. The lowest BCUT2D eigenvalue weighted by molar-refractivity contribution is -0.121. The van der Waals surface area contributed by atoms with Gasteiger partial charge in [-0.3, -0.25) is 4.79 Å². The quantitative estimate of drug-likeness (QED) is 0.778. The first-order valence-corrected chi connectivity index (χ1v) is 7.91. The molecule has 3 rings (SSSR count). The highest BCUT2D eigenvalue weighted by Crippen LogP contribution is 2.19. The predicted octanol–water partition coefficient (Wildman–Crippen LogP) is 3.36. The van der Waals surface area contributed by atoms with Gasteiger partial charge in [-0.2, -0.15) is 4.98 Å². The highest BCUT2D eigenvalue weighted by atomic mass is 32.1. The molecule has 0 saturated carbocycles. The summed E-state index contributed by atoms with van der Waals surface area (Å²) in [7, 11) is 0. The molecule has 3 aromatic rings. The van der Waals surface area contributed by atoms with E-state index in [1.54, 1.807) is 19.1 Å². The molecule has 0 unspecified atom stereocenters. The molecule has 1 aromatic carbocycles. The van der Waals surface area contributed by atoms with Crippen molar-refractivity contribution in [2.24, 2.45) is 0 Å². The number of thiophene rings is 1. The number of nitrogens with zero attached hydrogens (tertiary/aromatic N) is 2. The van der Waals surface area contributed by atoms with Crippen LogP contribution in [0.5, 0.6) is 0 Å². The Labute approximate surface area is 136 Å². The summed E-state index contributed by atoms with van der Waals surface area (Å²) >= 11 is 1.53. The number of rotatable bonds is 5. The van der Waals surface area contributed by atoms with E-state index in [4.69, 9.17) is 4.52 Å². The summed E-state index contributed by atoms with van der Waals surface area (Å²) in [5.41, 5.74) is 0.651. The Balaban J connectivity index is 1.65. The van der Waals surface area contributed by atoms with Crippen LogP contribution >= 0.6 is 11.3 Å². The van der Waals surface area contributed by atoms with Crippen LogP contribution < -0.4 is 5.32 Å². The van der Waals surface area contributed by atoms with Gasteiger partial charge in [-0.15, -0.1) is 11.3 Å². The fourth-order valence-electron chi connectivity index (χ4n) is 2.05. The lowest BCUT2D eigenvalue weighted by atomic mass is 10.2. The van der Waals surface area contributed by atoms with E-state index in [0.29, 0.717) is 23.7 Å². The summed E-state index contributed by atoms with van der Waals surface area (Å²) < 4.78 is 18.1. The van der Waals surface area contributed by atoms with Crippen molar-refractivity contribution in [2.45, 2.75) is 19.4 Å². The zero-order valence-electron chi connectivity index (χ0n) is 12.3. The minimum atomic E-state index is -0.399. The molecular formula is C16H14FN3O2S. The topological polar surface area (TPSA) is 68.0 Å². The summed E-state index contributed by atoms with van der Waals surface area (Å²) in [6, 6.07) is 9.23. The predicted molar refractivity (Wildman–Crippen MR) is 84.3 cm³/mol. The van der Waals surface area contributed by atoms with Crippen LogP contribution in [-0.2, 0) is 11.2 Å². The molecule has 2 aromatic heterocycles. The second kappa shape index (κ2) is 6.70. The van der Waals surface area contributed by atoms with Crippen LogP contribution in [0.25, 0.3) is 11.4 Å². The normalized spacial score (nSPS) is 12.1. The van der Waals surface area contributed by atoms with E-state index in [1.165, 1.54) is 23.5 Å². The summed E-state index contributed by atoms with van der Waals surface area (Å²) in [4.78, 5) is 17.2. The highest BCUT2D eigenvalue weighted by Gasteiger charge is 2.17. The van der Waals surface area contributed by atoms with Gasteiger partial charge in [0.2, 0.25) is 17.6 Å². The molecule has 0 aliphatic rings. The lowest BCUT2D eigenvalue weighted by Gasteiger charge is -2.08. The van der Waals surface area contributed by atoms with Crippen LogP contribution in [0.15, 0.2) is 46.3 Å².